The van der Waals surface area contributed by atoms with E-state index < -0.39 is 0 Å². The lowest BCUT2D eigenvalue weighted by atomic mass is 10.2. The zero-order chi connectivity index (χ0) is 11.4. The van der Waals surface area contributed by atoms with Crippen LogP contribution in [0, 0.1) is 0 Å². The molecule has 2 rings (SSSR count). The van der Waals surface area contributed by atoms with Crippen LogP contribution < -0.4 is 4.90 Å². The highest BCUT2D eigenvalue weighted by Crippen LogP contribution is 2.14. The van der Waals surface area contributed by atoms with E-state index in [9.17, 15) is 0 Å². The third-order valence-electron chi connectivity index (χ3n) is 2.37. The fourth-order valence-electron chi connectivity index (χ4n) is 1.56. The first-order valence-corrected chi connectivity index (χ1v) is 5.51. The van der Waals surface area contributed by atoms with Gasteiger partial charge in [-0.3, -0.25) is 0 Å². The molecule has 1 aromatic carbocycles. The second kappa shape index (κ2) is 4.99. The molecular formula is C13H13ClN2. The van der Waals surface area contributed by atoms with Crippen LogP contribution in [-0.2, 0) is 6.54 Å². The minimum atomic E-state index is 0.541. The molecule has 0 unspecified atom stereocenters. The van der Waals surface area contributed by atoms with E-state index >= 15 is 0 Å². The van der Waals surface area contributed by atoms with Gasteiger partial charge in [-0.05, 0) is 24.3 Å². The molecule has 0 saturated heterocycles. The quantitative estimate of drug-likeness (QED) is 0.755. The van der Waals surface area contributed by atoms with Crippen molar-refractivity contribution in [2.24, 2.45) is 0 Å². The Bertz CT molecular complexity index is 456. The van der Waals surface area contributed by atoms with Crippen molar-refractivity contribution >= 4 is 17.3 Å². The number of rotatable bonds is 3. The number of anilines is 1. The summed E-state index contributed by atoms with van der Waals surface area (Å²) in [5, 5.41) is 0.541. The van der Waals surface area contributed by atoms with Crippen LogP contribution in [0.3, 0.4) is 0 Å². The summed E-state index contributed by atoms with van der Waals surface area (Å²) in [6.07, 6.45) is 0. The number of hydrogen-bond donors (Lipinski definition) is 0. The lowest BCUT2D eigenvalue weighted by molar-refractivity contribution is 0.885. The zero-order valence-electron chi connectivity index (χ0n) is 9.10. The molecule has 2 nitrogen and oxygen atoms in total. The maximum absolute atomic E-state index is 5.84. The fraction of sp³-hybridized carbons (Fsp3) is 0.154. The molecule has 0 radical (unpaired) electrons. The van der Waals surface area contributed by atoms with Gasteiger partial charge in [-0.15, -0.1) is 0 Å². The maximum atomic E-state index is 5.84. The first-order chi connectivity index (χ1) is 7.75. The molecule has 0 fully saturated rings. The van der Waals surface area contributed by atoms with Crippen molar-refractivity contribution < 1.29 is 0 Å². The first kappa shape index (κ1) is 11.0. The molecule has 0 N–H and O–H groups in total. The SMILES string of the molecule is CN(Cc1cccc(Cl)n1)c1ccccc1. The van der Waals surface area contributed by atoms with Crippen molar-refractivity contribution in [3.8, 4) is 0 Å². The van der Waals surface area contributed by atoms with Gasteiger partial charge in [0.25, 0.3) is 0 Å². The molecule has 16 heavy (non-hydrogen) atoms. The van der Waals surface area contributed by atoms with Crippen molar-refractivity contribution in [3.63, 3.8) is 0 Å². The zero-order valence-corrected chi connectivity index (χ0v) is 9.85. The van der Waals surface area contributed by atoms with Crippen LogP contribution >= 0.6 is 11.6 Å². The first-order valence-electron chi connectivity index (χ1n) is 5.13. The minimum Gasteiger partial charge on any atom is -0.369 e. The summed E-state index contributed by atoms with van der Waals surface area (Å²) >= 11 is 5.84. The van der Waals surface area contributed by atoms with E-state index in [0.29, 0.717) is 5.15 Å². The van der Waals surface area contributed by atoms with E-state index in [1.165, 1.54) is 5.69 Å². The third kappa shape index (κ3) is 2.74. The summed E-state index contributed by atoms with van der Waals surface area (Å²) in [6, 6.07) is 15.9. The van der Waals surface area contributed by atoms with Gasteiger partial charge in [0.05, 0.1) is 12.2 Å². The lowest BCUT2D eigenvalue weighted by Crippen LogP contribution is -2.16. The van der Waals surface area contributed by atoms with Crippen LogP contribution in [-0.4, -0.2) is 12.0 Å². The van der Waals surface area contributed by atoms with Crippen molar-refractivity contribution in [2.45, 2.75) is 6.54 Å². The van der Waals surface area contributed by atoms with Crippen LogP contribution in [0.4, 0.5) is 5.69 Å². The summed E-state index contributed by atoms with van der Waals surface area (Å²) in [5.74, 6) is 0. The summed E-state index contributed by atoms with van der Waals surface area (Å²) in [4.78, 5) is 6.40. The van der Waals surface area contributed by atoms with Gasteiger partial charge in [-0.25, -0.2) is 4.98 Å². The Labute approximate surface area is 101 Å². The summed E-state index contributed by atoms with van der Waals surface area (Å²) < 4.78 is 0. The monoisotopic (exact) mass is 232 g/mol. The minimum absolute atomic E-state index is 0.541. The van der Waals surface area contributed by atoms with Gasteiger partial charge in [-0.2, -0.15) is 0 Å². The number of benzene rings is 1. The molecule has 0 atom stereocenters. The molecule has 0 aliphatic carbocycles. The Balaban J connectivity index is 2.11. The second-order valence-electron chi connectivity index (χ2n) is 3.64. The molecule has 0 aliphatic heterocycles. The van der Waals surface area contributed by atoms with Gasteiger partial charge in [0.15, 0.2) is 0 Å². The number of nitrogens with zero attached hydrogens (tertiary/aromatic N) is 2. The number of hydrogen-bond acceptors (Lipinski definition) is 2. The molecule has 1 aromatic heterocycles. The van der Waals surface area contributed by atoms with E-state index in [4.69, 9.17) is 11.6 Å². The van der Waals surface area contributed by atoms with Gasteiger partial charge in [0, 0.05) is 12.7 Å². The van der Waals surface area contributed by atoms with Gasteiger partial charge >= 0.3 is 0 Å². The van der Waals surface area contributed by atoms with Gasteiger partial charge < -0.3 is 4.90 Å². The van der Waals surface area contributed by atoms with E-state index in [0.717, 1.165) is 12.2 Å². The summed E-state index contributed by atoms with van der Waals surface area (Å²) in [5.41, 5.74) is 2.14. The molecule has 0 amide bonds. The Kier molecular flexibility index (Phi) is 3.42. The van der Waals surface area contributed by atoms with Gasteiger partial charge in [0.2, 0.25) is 0 Å². The molecule has 82 valence electrons. The lowest BCUT2D eigenvalue weighted by Gasteiger charge is -2.18. The molecule has 3 heteroatoms. The van der Waals surface area contributed by atoms with Gasteiger partial charge in [-0.1, -0.05) is 35.9 Å². The molecule has 2 aromatic rings. The Morgan fingerprint density at radius 3 is 2.50 bits per heavy atom. The summed E-state index contributed by atoms with van der Waals surface area (Å²) in [6.45, 7) is 0.755. The molecule has 0 bridgehead atoms. The Hall–Kier alpha value is -1.54. The molecular weight excluding hydrogens is 220 g/mol. The standard InChI is InChI=1S/C13H13ClN2/c1-16(12-7-3-2-4-8-12)10-11-6-5-9-13(14)15-11/h2-9H,10H2,1H3. The third-order valence-corrected chi connectivity index (χ3v) is 2.58. The average Bonchev–Trinajstić information content (AvgIpc) is 2.30. The van der Waals surface area contributed by atoms with Crippen molar-refractivity contribution in [1.82, 2.24) is 4.98 Å². The maximum Gasteiger partial charge on any atom is 0.129 e. The van der Waals surface area contributed by atoms with Crippen molar-refractivity contribution in [2.75, 3.05) is 11.9 Å². The number of pyridine rings is 1. The number of halogens is 1. The van der Waals surface area contributed by atoms with Crippen LogP contribution in [0.15, 0.2) is 48.5 Å². The molecule has 0 aliphatic rings. The number of para-hydroxylation sites is 1. The van der Waals surface area contributed by atoms with Crippen LogP contribution in [0.25, 0.3) is 0 Å². The normalized spacial score (nSPS) is 10.1. The van der Waals surface area contributed by atoms with Crippen LogP contribution in [0.2, 0.25) is 5.15 Å². The van der Waals surface area contributed by atoms with E-state index in [1.54, 1.807) is 6.07 Å². The fourth-order valence-corrected chi connectivity index (χ4v) is 1.74. The molecule has 1 heterocycles. The average molecular weight is 233 g/mol. The van der Waals surface area contributed by atoms with Crippen molar-refractivity contribution in [3.05, 3.63) is 59.4 Å². The van der Waals surface area contributed by atoms with Crippen molar-refractivity contribution in [1.29, 1.82) is 0 Å². The van der Waals surface area contributed by atoms with Crippen LogP contribution in [0.1, 0.15) is 5.69 Å². The van der Waals surface area contributed by atoms with E-state index in [2.05, 4.69) is 22.0 Å². The molecule has 0 spiro atoms. The Morgan fingerprint density at radius 2 is 1.81 bits per heavy atom. The topological polar surface area (TPSA) is 16.1 Å². The smallest absolute Gasteiger partial charge is 0.129 e. The van der Waals surface area contributed by atoms with Crippen LogP contribution in [0.5, 0.6) is 0 Å². The largest absolute Gasteiger partial charge is 0.369 e. The highest BCUT2D eigenvalue weighted by molar-refractivity contribution is 6.29. The summed E-state index contributed by atoms with van der Waals surface area (Å²) in [7, 11) is 2.04. The molecule has 0 saturated carbocycles. The second-order valence-corrected chi connectivity index (χ2v) is 4.03. The number of aromatic nitrogens is 1. The van der Waals surface area contributed by atoms with E-state index in [-0.39, 0.29) is 0 Å². The predicted molar refractivity (Wildman–Crippen MR) is 67.8 cm³/mol. The van der Waals surface area contributed by atoms with Gasteiger partial charge in [0.1, 0.15) is 5.15 Å². The van der Waals surface area contributed by atoms with E-state index in [1.807, 2.05) is 37.4 Å². The highest BCUT2D eigenvalue weighted by Gasteiger charge is 2.02. The predicted octanol–water partition coefficient (Wildman–Crippen LogP) is 3.37. The Morgan fingerprint density at radius 1 is 1.06 bits per heavy atom. The highest BCUT2D eigenvalue weighted by atomic mass is 35.5.